The van der Waals surface area contributed by atoms with Crippen molar-refractivity contribution in [3.05, 3.63) is 47.3 Å². The lowest BCUT2D eigenvalue weighted by Crippen LogP contribution is -2.22. The van der Waals surface area contributed by atoms with Crippen molar-refractivity contribution >= 4 is 6.09 Å². The molecule has 0 aliphatic carbocycles. The fourth-order valence-corrected chi connectivity index (χ4v) is 2.15. The summed E-state index contributed by atoms with van der Waals surface area (Å²) in [5.74, 6) is 0.545. The fraction of sp³-hybridized carbons (Fsp3) is 0.267. The average Bonchev–Trinajstić information content (AvgIpc) is 2.70. The van der Waals surface area contributed by atoms with Crippen LogP contribution in [0.2, 0.25) is 0 Å². The molecule has 0 aliphatic heterocycles. The highest BCUT2D eigenvalue weighted by molar-refractivity contribution is 5.70. The van der Waals surface area contributed by atoms with Crippen molar-refractivity contribution in [3.8, 4) is 11.4 Å². The highest BCUT2D eigenvalue weighted by Gasteiger charge is 2.09. The lowest BCUT2D eigenvalue weighted by Gasteiger charge is -2.13. The first kappa shape index (κ1) is 13.2. The van der Waals surface area contributed by atoms with Crippen LogP contribution >= 0.6 is 0 Å². The van der Waals surface area contributed by atoms with Crippen molar-refractivity contribution in [3.63, 3.8) is 0 Å². The molecular formula is C15H18N2O2. The first-order valence-electron chi connectivity index (χ1n) is 6.18. The molecule has 19 heavy (non-hydrogen) atoms. The Balaban J connectivity index is 2.37. The highest BCUT2D eigenvalue weighted by atomic mass is 16.5. The first-order chi connectivity index (χ1) is 9.02. The molecule has 0 fully saturated rings. The van der Waals surface area contributed by atoms with Crippen LogP contribution < -0.4 is 10.1 Å². The summed E-state index contributed by atoms with van der Waals surface area (Å²) < 4.78 is 7.30. The molecule has 2 rings (SSSR count). The third kappa shape index (κ3) is 2.62. The van der Waals surface area contributed by atoms with Crippen LogP contribution in [-0.4, -0.2) is 17.7 Å². The van der Waals surface area contributed by atoms with E-state index in [9.17, 15) is 4.79 Å². The van der Waals surface area contributed by atoms with Gasteiger partial charge in [0.2, 0.25) is 0 Å². The summed E-state index contributed by atoms with van der Waals surface area (Å²) in [4.78, 5) is 11.2. The van der Waals surface area contributed by atoms with E-state index in [4.69, 9.17) is 4.74 Å². The summed E-state index contributed by atoms with van der Waals surface area (Å²) in [7, 11) is 1.54. The molecule has 2 aromatic rings. The zero-order chi connectivity index (χ0) is 14.0. The summed E-state index contributed by atoms with van der Waals surface area (Å²) in [6, 6.07) is 9.81. The van der Waals surface area contributed by atoms with Gasteiger partial charge in [-0.15, -0.1) is 0 Å². The van der Waals surface area contributed by atoms with Crippen molar-refractivity contribution in [2.45, 2.75) is 20.8 Å². The van der Waals surface area contributed by atoms with Gasteiger partial charge in [-0.3, -0.25) is 0 Å². The normalized spacial score (nSPS) is 10.3. The van der Waals surface area contributed by atoms with E-state index in [0.29, 0.717) is 5.75 Å². The average molecular weight is 258 g/mol. The smallest absolute Gasteiger partial charge is 0.410 e. The Kier molecular flexibility index (Phi) is 3.60. The molecule has 1 heterocycles. The molecule has 1 N–H and O–H groups in total. The third-order valence-electron chi connectivity index (χ3n) is 3.09. The van der Waals surface area contributed by atoms with Gasteiger partial charge in [0.1, 0.15) is 5.75 Å². The number of nitrogens with zero attached hydrogens (tertiary/aromatic N) is 1. The van der Waals surface area contributed by atoms with E-state index in [0.717, 1.165) is 11.3 Å². The summed E-state index contributed by atoms with van der Waals surface area (Å²) in [6.45, 7) is 6.15. The number of rotatable bonds is 2. The second-order valence-corrected chi connectivity index (χ2v) is 4.54. The maximum Gasteiger partial charge on any atom is 0.412 e. The molecule has 0 radical (unpaired) electrons. The minimum atomic E-state index is -0.458. The van der Waals surface area contributed by atoms with Gasteiger partial charge < -0.3 is 14.6 Å². The molecule has 1 aromatic carbocycles. The summed E-state index contributed by atoms with van der Waals surface area (Å²) in [5, 5.41) is 2.43. The van der Waals surface area contributed by atoms with Crippen molar-refractivity contribution in [2.24, 2.45) is 0 Å². The van der Waals surface area contributed by atoms with Gasteiger partial charge in [0.15, 0.2) is 0 Å². The molecule has 4 nitrogen and oxygen atoms in total. The summed E-state index contributed by atoms with van der Waals surface area (Å²) in [6.07, 6.45) is -0.458. The Bertz CT molecular complexity index is 595. The number of amides is 1. The molecule has 100 valence electrons. The molecule has 0 atom stereocenters. The Labute approximate surface area is 113 Å². The number of hydrogen-bond donors (Lipinski definition) is 1. The van der Waals surface area contributed by atoms with Crippen molar-refractivity contribution in [1.29, 1.82) is 0 Å². The molecule has 4 heteroatoms. The predicted molar refractivity (Wildman–Crippen MR) is 75.1 cm³/mol. The second kappa shape index (κ2) is 5.18. The van der Waals surface area contributed by atoms with Crippen molar-refractivity contribution < 1.29 is 9.53 Å². The molecule has 0 unspecified atom stereocenters. The number of carbonyl (C=O) groups is 1. The van der Waals surface area contributed by atoms with Crippen LogP contribution in [0.4, 0.5) is 4.79 Å². The maximum absolute atomic E-state index is 11.2. The van der Waals surface area contributed by atoms with Gasteiger partial charge in [-0.25, -0.2) is 4.79 Å². The van der Waals surface area contributed by atoms with Gasteiger partial charge in [-0.1, -0.05) is 0 Å². The van der Waals surface area contributed by atoms with E-state index in [-0.39, 0.29) is 0 Å². The summed E-state index contributed by atoms with van der Waals surface area (Å²) >= 11 is 0. The lowest BCUT2D eigenvalue weighted by molar-refractivity contribution is 0.203. The predicted octanol–water partition coefficient (Wildman–Crippen LogP) is 3.12. The highest BCUT2D eigenvalue weighted by Crippen LogP contribution is 2.24. The Morgan fingerprint density at radius 1 is 1.11 bits per heavy atom. The van der Waals surface area contributed by atoms with Crippen LogP contribution in [0, 0.1) is 20.8 Å². The fourth-order valence-electron chi connectivity index (χ4n) is 2.15. The van der Waals surface area contributed by atoms with Crippen LogP contribution in [-0.2, 0) is 0 Å². The zero-order valence-electron chi connectivity index (χ0n) is 11.7. The van der Waals surface area contributed by atoms with E-state index in [1.165, 1.54) is 18.4 Å². The number of aryl methyl sites for hydroxylation is 3. The molecule has 1 amide bonds. The molecular weight excluding hydrogens is 240 g/mol. The molecule has 0 spiro atoms. The molecule has 0 bridgehead atoms. The molecule has 1 aromatic heterocycles. The van der Waals surface area contributed by atoms with E-state index in [1.807, 2.05) is 19.1 Å². The number of ether oxygens (including phenoxy) is 1. The molecule has 0 saturated carbocycles. The van der Waals surface area contributed by atoms with Crippen LogP contribution in [0.15, 0.2) is 30.3 Å². The molecule has 0 saturated heterocycles. The minimum Gasteiger partial charge on any atom is -0.410 e. The zero-order valence-corrected chi connectivity index (χ0v) is 11.7. The van der Waals surface area contributed by atoms with E-state index < -0.39 is 6.09 Å². The topological polar surface area (TPSA) is 43.3 Å². The number of hydrogen-bond acceptors (Lipinski definition) is 2. The van der Waals surface area contributed by atoms with Gasteiger partial charge in [0.25, 0.3) is 0 Å². The SMILES string of the molecule is CNC(=O)Oc1ccc(-n2c(C)ccc2C)c(C)c1. The lowest BCUT2D eigenvalue weighted by atomic mass is 10.2. The summed E-state index contributed by atoms with van der Waals surface area (Å²) in [5.41, 5.74) is 4.52. The monoisotopic (exact) mass is 258 g/mol. The molecule has 0 aliphatic rings. The standard InChI is InChI=1S/C15H18N2O2/c1-10-9-13(19-15(18)16-4)7-8-14(10)17-11(2)5-6-12(17)3/h5-9H,1-4H3,(H,16,18). The number of benzene rings is 1. The van der Waals surface area contributed by atoms with Gasteiger partial charge in [-0.05, 0) is 56.7 Å². The second-order valence-electron chi connectivity index (χ2n) is 4.54. The Hall–Kier alpha value is -2.23. The maximum atomic E-state index is 11.2. The van der Waals surface area contributed by atoms with E-state index >= 15 is 0 Å². The van der Waals surface area contributed by atoms with E-state index in [1.54, 1.807) is 6.07 Å². The van der Waals surface area contributed by atoms with Gasteiger partial charge >= 0.3 is 6.09 Å². The van der Waals surface area contributed by atoms with Crippen LogP contribution in [0.25, 0.3) is 5.69 Å². The van der Waals surface area contributed by atoms with E-state index in [2.05, 4.69) is 35.9 Å². The number of carbonyl (C=O) groups excluding carboxylic acids is 1. The Morgan fingerprint density at radius 3 is 2.26 bits per heavy atom. The van der Waals surface area contributed by atoms with Crippen LogP contribution in [0.5, 0.6) is 5.75 Å². The van der Waals surface area contributed by atoms with Crippen LogP contribution in [0.1, 0.15) is 17.0 Å². The largest absolute Gasteiger partial charge is 0.412 e. The van der Waals surface area contributed by atoms with Crippen LogP contribution in [0.3, 0.4) is 0 Å². The van der Waals surface area contributed by atoms with Gasteiger partial charge in [-0.2, -0.15) is 0 Å². The third-order valence-corrected chi connectivity index (χ3v) is 3.09. The number of aromatic nitrogens is 1. The quantitative estimate of drug-likeness (QED) is 0.899. The number of nitrogens with one attached hydrogen (secondary N) is 1. The minimum absolute atomic E-state index is 0.458. The van der Waals surface area contributed by atoms with Gasteiger partial charge in [0.05, 0.1) is 0 Å². The Morgan fingerprint density at radius 2 is 1.74 bits per heavy atom. The first-order valence-corrected chi connectivity index (χ1v) is 6.18. The van der Waals surface area contributed by atoms with Gasteiger partial charge in [0, 0.05) is 24.1 Å². The van der Waals surface area contributed by atoms with Crippen molar-refractivity contribution in [2.75, 3.05) is 7.05 Å². The van der Waals surface area contributed by atoms with Crippen molar-refractivity contribution in [1.82, 2.24) is 9.88 Å².